The van der Waals surface area contributed by atoms with E-state index in [4.69, 9.17) is 0 Å². The Balaban J connectivity index is 2.00. The Morgan fingerprint density at radius 2 is 1.95 bits per heavy atom. The van der Waals surface area contributed by atoms with Gasteiger partial charge in [-0.25, -0.2) is 0 Å². The maximum absolute atomic E-state index is 3.96. The number of unbranched alkanes of at least 4 members (excludes halogenated alkanes) is 1. The highest BCUT2D eigenvalue weighted by Crippen LogP contribution is 2.33. The molecule has 0 amide bonds. The van der Waals surface area contributed by atoms with Crippen molar-refractivity contribution in [2.75, 3.05) is 19.6 Å². The second kappa shape index (κ2) is 7.08. The SMILES string of the molecule is CCCCN1CC2(CCCCC2)NCC1C(C)CC. The maximum Gasteiger partial charge on any atom is 0.0309 e. The lowest BCUT2D eigenvalue weighted by atomic mass is 9.78. The first-order valence-corrected chi connectivity index (χ1v) is 8.70. The number of nitrogens with one attached hydrogen (secondary N) is 1. The van der Waals surface area contributed by atoms with Crippen LogP contribution >= 0.6 is 0 Å². The molecule has 0 bridgehead atoms. The predicted molar refractivity (Wildman–Crippen MR) is 83.5 cm³/mol. The summed E-state index contributed by atoms with van der Waals surface area (Å²) < 4.78 is 0. The molecule has 1 saturated heterocycles. The minimum Gasteiger partial charge on any atom is -0.308 e. The molecule has 1 aliphatic carbocycles. The molecule has 0 radical (unpaired) electrons. The summed E-state index contributed by atoms with van der Waals surface area (Å²) in [5.74, 6) is 0.824. The summed E-state index contributed by atoms with van der Waals surface area (Å²) in [4.78, 5) is 2.83. The summed E-state index contributed by atoms with van der Waals surface area (Å²) in [6.07, 6.45) is 11.1. The van der Waals surface area contributed by atoms with Crippen molar-refractivity contribution in [1.29, 1.82) is 0 Å². The fourth-order valence-corrected chi connectivity index (χ4v) is 4.01. The van der Waals surface area contributed by atoms with Crippen LogP contribution in [0.3, 0.4) is 0 Å². The van der Waals surface area contributed by atoms with Crippen LogP contribution in [0.5, 0.6) is 0 Å². The highest BCUT2D eigenvalue weighted by Gasteiger charge is 2.40. The molecule has 1 spiro atoms. The second-order valence-electron chi connectivity index (χ2n) is 7.00. The smallest absolute Gasteiger partial charge is 0.0309 e. The molecule has 1 N–H and O–H groups in total. The minimum absolute atomic E-state index is 0.468. The lowest BCUT2D eigenvalue weighted by Crippen LogP contribution is -2.66. The van der Waals surface area contributed by atoms with Crippen molar-refractivity contribution in [2.45, 2.75) is 83.7 Å². The highest BCUT2D eigenvalue weighted by atomic mass is 15.3. The van der Waals surface area contributed by atoms with Crippen molar-refractivity contribution < 1.29 is 0 Å². The number of piperazine rings is 1. The maximum atomic E-state index is 3.96. The van der Waals surface area contributed by atoms with Crippen LogP contribution in [0.15, 0.2) is 0 Å². The van der Waals surface area contributed by atoms with Gasteiger partial charge in [0, 0.05) is 24.7 Å². The summed E-state index contributed by atoms with van der Waals surface area (Å²) in [5.41, 5.74) is 0.468. The quantitative estimate of drug-likeness (QED) is 0.814. The fourth-order valence-electron chi connectivity index (χ4n) is 4.01. The molecule has 2 heteroatoms. The number of nitrogens with zero attached hydrogens (tertiary/aromatic N) is 1. The van der Waals surface area contributed by atoms with E-state index >= 15 is 0 Å². The molecule has 2 unspecified atom stereocenters. The number of rotatable bonds is 5. The fraction of sp³-hybridized carbons (Fsp3) is 1.00. The Bertz CT molecular complexity index is 258. The van der Waals surface area contributed by atoms with E-state index in [9.17, 15) is 0 Å². The summed E-state index contributed by atoms with van der Waals surface area (Å²) in [6, 6.07) is 0.768. The molecule has 2 rings (SSSR count). The van der Waals surface area contributed by atoms with Crippen LogP contribution in [0.25, 0.3) is 0 Å². The van der Waals surface area contributed by atoms with E-state index in [0.717, 1.165) is 12.0 Å². The van der Waals surface area contributed by atoms with Crippen LogP contribution in [0.4, 0.5) is 0 Å². The molecule has 0 aromatic rings. The number of hydrogen-bond donors (Lipinski definition) is 1. The van der Waals surface area contributed by atoms with Gasteiger partial charge in [0.15, 0.2) is 0 Å². The average Bonchev–Trinajstić information content (AvgIpc) is 2.45. The molecule has 2 fully saturated rings. The average molecular weight is 266 g/mol. The van der Waals surface area contributed by atoms with Gasteiger partial charge in [-0.2, -0.15) is 0 Å². The third-order valence-corrected chi connectivity index (χ3v) is 5.57. The second-order valence-corrected chi connectivity index (χ2v) is 7.00. The van der Waals surface area contributed by atoms with Gasteiger partial charge in [-0.15, -0.1) is 0 Å². The summed E-state index contributed by atoms with van der Waals surface area (Å²) in [5, 5.41) is 3.96. The van der Waals surface area contributed by atoms with Crippen molar-refractivity contribution >= 4 is 0 Å². The zero-order chi connectivity index (χ0) is 13.7. The zero-order valence-electron chi connectivity index (χ0n) is 13.4. The molecule has 2 aliphatic rings. The molecular weight excluding hydrogens is 232 g/mol. The largest absolute Gasteiger partial charge is 0.308 e. The van der Waals surface area contributed by atoms with Gasteiger partial charge in [0.1, 0.15) is 0 Å². The monoisotopic (exact) mass is 266 g/mol. The van der Waals surface area contributed by atoms with E-state index in [1.165, 1.54) is 71.0 Å². The first-order valence-electron chi connectivity index (χ1n) is 8.70. The summed E-state index contributed by atoms with van der Waals surface area (Å²) >= 11 is 0. The summed E-state index contributed by atoms with van der Waals surface area (Å²) in [7, 11) is 0. The third-order valence-electron chi connectivity index (χ3n) is 5.57. The molecule has 1 aliphatic heterocycles. The Hall–Kier alpha value is -0.0800. The van der Waals surface area contributed by atoms with E-state index in [2.05, 4.69) is 31.0 Å². The molecule has 2 nitrogen and oxygen atoms in total. The molecule has 0 aromatic heterocycles. The van der Waals surface area contributed by atoms with Crippen molar-refractivity contribution in [3.8, 4) is 0 Å². The number of hydrogen-bond acceptors (Lipinski definition) is 2. The van der Waals surface area contributed by atoms with Gasteiger partial charge in [-0.3, -0.25) is 4.90 Å². The van der Waals surface area contributed by atoms with Crippen LogP contribution in [0, 0.1) is 5.92 Å². The summed E-state index contributed by atoms with van der Waals surface area (Å²) in [6.45, 7) is 10.9. The van der Waals surface area contributed by atoms with Gasteiger partial charge in [0.25, 0.3) is 0 Å². The van der Waals surface area contributed by atoms with Gasteiger partial charge in [-0.05, 0) is 31.7 Å². The van der Waals surface area contributed by atoms with Gasteiger partial charge >= 0.3 is 0 Å². The third kappa shape index (κ3) is 3.72. The topological polar surface area (TPSA) is 15.3 Å². The van der Waals surface area contributed by atoms with Crippen LogP contribution in [0.2, 0.25) is 0 Å². The standard InChI is InChI=1S/C17H34N2/c1-4-6-12-19-14-17(10-8-7-9-11-17)18-13-16(19)15(3)5-2/h15-16,18H,4-14H2,1-3H3. The molecule has 2 atom stereocenters. The molecular formula is C17H34N2. The zero-order valence-corrected chi connectivity index (χ0v) is 13.4. The lowest BCUT2D eigenvalue weighted by molar-refractivity contribution is 0.0315. The Morgan fingerprint density at radius 1 is 1.21 bits per heavy atom. The van der Waals surface area contributed by atoms with Gasteiger partial charge in [-0.1, -0.05) is 52.9 Å². The Labute approximate surface area is 120 Å². The van der Waals surface area contributed by atoms with E-state index in [1.807, 2.05) is 0 Å². The van der Waals surface area contributed by atoms with Crippen LogP contribution < -0.4 is 5.32 Å². The predicted octanol–water partition coefficient (Wildman–Crippen LogP) is 3.81. The van der Waals surface area contributed by atoms with Crippen molar-refractivity contribution in [3.05, 3.63) is 0 Å². The normalized spacial score (nSPS) is 29.5. The first-order chi connectivity index (χ1) is 9.21. The van der Waals surface area contributed by atoms with Gasteiger partial charge in [0.2, 0.25) is 0 Å². The van der Waals surface area contributed by atoms with Crippen molar-refractivity contribution in [1.82, 2.24) is 10.2 Å². The highest BCUT2D eigenvalue weighted by molar-refractivity contribution is 5.00. The van der Waals surface area contributed by atoms with E-state index in [-0.39, 0.29) is 0 Å². The van der Waals surface area contributed by atoms with Crippen LogP contribution in [-0.2, 0) is 0 Å². The van der Waals surface area contributed by atoms with Crippen molar-refractivity contribution in [3.63, 3.8) is 0 Å². The van der Waals surface area contributed by atoms with Gasteiger partial charge in [0.05, 0.1) is 0 Å². The Kier molecular flexibility index (Phi) is 5.70. The first kappa shape index (κ1) is 15.3. The Morgan fingerprint density at radius 3 is 2.58 bits per heavy atom. The lowest BCUT2D eigenvalue weighted by Gasteiger charge is -2.51. The molecule has 19 heavy (non-hydrogen) atoms. The minimum atomic E-state index is 0.468. The molecule has 112 valence electrons. The molecule has 1 saturated carbocycles. The van der Waals surface area contributed by atoms with E-state index < -0.39 is 0 Å². The molecule has 1 heterocycles. The van der Waals surface area contributed by atoms with Crippen LogP contribution in [0.1, 0.15) is 72.1 Å². The van der Waals surface area contributed by atoms with E-state index in [1.54, 1.807) is 0 Å². The van der Waals surface area contributed by atoms with Gasteiger partial charge < -0.3 is 5.32 Å². The van der Waals surface area contributed by atoms with Crippen molar-refractivity contribution in [2.24, 2.45) is 5.92 Å². The van der Waals surface area contributed by atoms with Crippen LogP contribution in [-0.4, -0.2) is 36.1 Å². The van der Waals surface area contributed by atoms with E-state index in [0.29, 0.717) is 5.54 Å². The molecule has 0 aromatic carbocycles.